The fourth-order valence-electron chi connectivity index (χ4n) is 4.59. The number of ether oxygens (including phenoxy) is 1. The van der Waals surface area contributed by atoms with Crippen molar-refractivity contribution in [1.29, 1.82) is 0 Å². The number of nitrogens with one attached hydrogen (secondary N) is 3. The van der Waals surface area contributed by atoms with E-state index >= 15 is 0 Å². The monoisotopic (exact) mass is 497 g/mol. The molecule has 0 aliphatic carbocycles. The van der Waals surface area contributed by atoms with Gasteiger partial charge in [0.05, 0.1) is 35.6 Å². The first-order chi connectivity index (χ1) is 16.6. The second kappa shape index (κ2) is 10.5. The maximum atomic E-state index is 11.6. The zero-order valence-corrected chi connectivity index (χ0v) is 20.6. The zero-order valence-electron chi connectivity index (χ0n) is 19.1. The Bertz CT molecular complexity index is 1200. The smallest absolute Gasteiger partial charge is 0.214 e. The number of aromatic nitrogens is 2. The number of carbonyl (C=O) groups is 1. The van der Waals surface area contributed by atoms with Gasteiger partial charge in [0.15, 0.2) is 0 Å². The van der Waals surface area contributed by atoms with Gasteiger partial charge in [-0.25, -0.2) is 4.98 Å². The summed E-state index contributed by atoms with van der Waals surface area (Å²) in [5, 5.41) is 13.1. The number of benzene rings is 1. The van der Waals surface area contributed by atoms with Crippen LogP contribution < -0.4 is 20.7 Å². The van der Waals surface area contributed by atoms with Crippen molar-refractivity contribution in [2.24, 2.45) is 0 Å². The molecule has 178 valence electrons. The predicted molar refractivity (Wildman–Crippen MR) is 137 cm³/mol. The van der Waals surface area contributed by atoms with Crippen LogP contribution in [-0.4, -0.2) is 47.4 Å². The molecule has 3 aromatic rings. The molecule has 0 saturated carbocycles. The van der Waals surface area contributed by atoms with Crippen molar-refractivity contribution in [1.82, 2.24) is 20.6 Å². The van der Waals surface area contributed by atoms with Crippen LogP contribution in [0.25, 0.3) is 10.9 Å². The summed E-state index contributed by atoms with van der Waals surface area (Å²) < 4.78 is 5.40. The van der Waals surface area contributed by atoms with E-state index in [-0.39, 0.29) is 5.12 Å². The molecule has 2 aliphatic heterocycles. The number of rotatable bonds is 7. The largest absolute Gasteiger partial charge is 0.497 e. The van der Waals surface area contributed by atoms with Crippen molar-refractivity contribution in [2.45, 2.75) is 49.3 Å². The van der Waals surface area contributed by atoms with Crippen LogP contribution in [0.5, 0.6) is 5.75 Å². The van der Waals surface area contributed by atoms with Crippen LogP contribution in [0.2, 0.25) is 5.02 Å². The zero-order chi connectivity index (χ0) is 23.5. The Hall–Kier alpha value is -2.39. The molecule has 2 aliphatic rings. The van der Waals surface area contributed by atoms with E-state index in [1.807, 2.05) is 30.3 Å². The van der Waals surface area contributed by atoms with Crippen molar-refractivity contribution in [3.63, 3.8) is 0 Å². The average molecular weight is 498 g/mol. The van der Waals surface area contributed by atoms with Crippen LogP contribution >= 0.6 is 23.4 Å². The third-order valence-electron chi connectivity index (χ3n) is 6.52. The second-order valence-electron chi connectivity index (χ2n) is 8.75. The molecule has 4 heterocycles. The molecule has 5 rings (SSSR count). The van der Waals surface area contributed by atoms with Crippen molar-refractivity contribution in [3.05, 3.63) is 52.8 Å². The Morgan fingerprint density at radius 2 is 2.18 bits per heavy atom. The Kier molecular flexibility index (Phi) is 7.20. The summed E-state index contributed by atoms with van der Waals surface area (Å²) in [6.45, 7) is 1.98. The Morgan fingerprint density at radius 3 is 3.00 bits per heavy atom. The van der Waals surface area contributed by atoms with E-state index in [9.17, 15) is 4.79 Å². The van der Waals surface area contributed by atoms with Crippen LogP contribution in [0.1, 0.15) is 30.5 Å². The molecule has 2 aromatic heterocycles. The minimum atomic E-state index is 0.104. The first-order valence-corrected chi connectivity index (χ1v) is 12.8. The van der Waals surface area contributed by atoms with Gasteiger partial charge < -0.3 is 20.7 Å². The maximum Gasteiger partial charge on any atom is 0.214 e. The summed E-state index contributed by atoms with van der Waals surface area (Å²) in [6.07, 6.45) is 5.88. The molecule has 1 saturated heterocycles. The van der Waals surface area contributed by atoms with E-state index in [0.29, 0.717) is 30.2 Å². The van der Waals surface area contributed by atoms with Crippen molar-refractivity contribution in [2.75, 3.05) is 25.5 Å². The number of halogens is 1. The molecule has 9 heteroatoms. The van der Waals surface area contributed by atoms with Crippen LogP contribution in [-0.2, 0) is 17.8 Å². The number of nitrogens with zero attached hydrogens (tertiary/aromatic N) is 2. The molecular weight excluding hydrogens is 470 g/mol. The maximum absolute atomic E-state index is 11.6. The molecule has 34 heavy (non-hydrogen) atoms. The number of fused-ring (bicyclic) bond motifs is 2. The lowest BCUT2D eigenvalue weighted by Gasteiger charge is -2.31. The van der Waals surface area contributed by atoms with Crippen LogP contribution in [0.3, 0.4) is 0 Å². The standard InChI is InChI=1S/C25H28ClN5O2S/c1-33-18-6-9-22-20(10-18)19(21(26)13-29-22)7-4-15-2-3-16(11-27-15)28-12-17-5-8-23-25(31-17)34-24(32)14-30-23/h5-6,8-10,13,15-16,27-28,30H,2-4,7,11-12,14H2,1H3. The molecule has 3 N–H and O–H groups in total. The average Bonchev–Trinajstić information content (AvgIpc) is 2.87. The second-order valence-corrected chi connectivity index (χ2v) is 10.2. The minimum absolute atomic E-state index is 0.104. The molecular formula is C25H28ClN5O2S. The molecule has 2 atom stereocenters. The van der Waals surface area contributed by atoms with E-state index in [4.69, 9.17) is 16.3 Å². The lowest BCUT2D eigenvalue weighted by Crippen LogP contribution is -2.47. The van der Waals surface area contributed by atoms with Gasteiger partial charge in [0.25, 0.3) is 0 Å². The molecule has 1 fully saturated rings. The van der Waals surface area contributed by atoms with Gasteiger partial charge in [-0.1, -0.05) is 11.6 Å². The van der Waals surface area contributed by atoms with Gasteiger partial charge in [0, 0.05) is 36.8 Å². The van der Waals surface area contributed by atoms with Gasteiger partial charge >= 0.3 is 0 Å². The Balaban J connectivity index is 1.13. The molecule has 1 aromatic carbocycles. The fraction of sp³-hybridized carbons (Fsp3) is 0.400. The highest BCUT2D eigenvalue weighted by molar-refractivity contribution is 8.13. The number of anilines is 1. The minimum Gasteiger partial charge on any atom is -0.497 e. The number of aryl methyl sites for hydroxylation is 1. The van der Waals surface area contributed by atoms with Gasteiger partial charge in [-0.05, 0) is 73.3 Å². The molecule has 0 spiro atoms. The van der Waals surface area contributed by atoms with Crippen molar-refractivity contribution >= 4 is 45.1 Å². The van der Waals surface area contributed by atoms with Crippen LogP contribution in [0.15, 0.2) is 41.6 Å². The summed E-state index contributed by atoms with van der Waals surface area (Å²) in [5.74, 6) is 0.817. The van der Waals surface area contributed by atoms with E-state index in [0.717, 1.165) is 70.9 Å². The summed E-state index contributed by atoms with van der Waals surface area (Å²) in [6, 6.07) is 10.8. The third kappa shape index (κ3) is 5.30. The predicted octanol–water partition coefficient (Wildman–Crippen LogP) is 4.18. The number of hydrogen-bond donors (Lipinski definition) is 3. The summed E-state index contributed by atoms with van der Waals surface area (Å²) in [7, 11) is 1.67. The van der Waals surface area contributed by atoms with E-state index < -0.39 is 0 Å². The number of carbonyl (C=O) groups excluding carboxylic acids is 1. The topological polar surface area (TPSA) is 88.2 Å². The van der Waals surface area contributed by atoms with E-state index in [1.165, 1.54) is 11.8 Å². The molecule has 2 unspecified atom stereocenters. The highest BCUT2D eigenvalue weighted by atomic mass is 35.5. The van der Waals surface area contributed by atoms with Crippen molar-refractivity contribution in [3.8, 4) is 5.75 Å². The Morgan fingerprint density at radius 1 is 1.26 bits per heavy atom. The summed E-state index contributed by atoms with van der Waals surface area (Å²) in [4.78, 5) is 20.7. The number of hydrogen-bond acceptors (Lipinski definition) is 8. The first kappa shape index (κ1) is 23.4. The number of piperidine rings is 1. The molecule has 0 bridgehead atoms. The van der Waals surface area contributed by atoms with Gasteiger partial charge in [-0.2, -0.15) is 0 Å². The summed E-state index contributed by atoms with van der Waals surface area (Å²) in [5.41, 5.74) is 3.97. The third-order valence-corrected chi connectivity index (χ3v) is 7.72. The number of pyridine rings is 2. The summed E-state index contributed by atoms with van der Waals surface area (Å²) >= 11 is 7.75. The lowest BCUT2D eigenvalue weighted by molar-refractivity contribution is -0.109. The number of methoxy groups -OCH3 is 1. The van der Waals surface area contributed by atoms with Gasteiger partial charge in [-0.3, -0.25) is 9.78 Å². The van der Waals surface area contributed by atoms with Crippen LogP contribution in [0, 0.1) is 0 Å². The first-order valence-electron chi connectivity index (χ1n) is 11.6. The molecule has 0 amide bonds. The highest BCUT2D eigenvalue weighted by Gasteiger charge is 2.22. The van der Waals surface area contributed by atoms with Crippen LogP contribution in [0.4, 0.5) is 5.69 Å². The van der Waals surface area contributed by atoms with Gasteiger partial charge in [-0.15, -0.1) is 0 Å². The molecule has 0 radical (unpaired) electrons. The Labute approximate surface area is 208 Å². The quantitative estimate of drug-likeness (QED) is 0.448. The van der Waals surface area contributed by atoms with E-state index in [1.54, 1.807) is 13.3 Å². The normalized spacial score (nSPS) is 20.1. The van der Waals surface area contributed by atoms with E-state index in [2.05, 4.69) is 25.9 Å². The lowest BCUT2D eigenvalue weighted by atomic mass is 9.94. The van der Waals surface area contributed by atoms with Gasteiger partial charge in [0.1, 0.15) is 10.8 Å². The number of thioether (sulfide) groups is 1. The highest BCUT2D eigenvalue weighted by Crippen LogP contribution is 2.31. The molecule has 7 nitrogen and oxygen atoms in total. The van der Waals surface area contributed by atoms with Crippen molar-refractivity contribution < 1.29 is 9.53 Å². The SMILES string of the molecule is COc1ccc2ncc(Cl)c(CCC3CCC(NCc4ccc5c(n4)SC(=O)CN5)CN3)c2c1. The fourth-order valence-corrected chi connectivity index (χ4v) is 5.61. The van der Waals surface area contributed by atoms with Gasteiger partial charge in [0.2, 0.25) is 5.12 Å².